The fourth-order valence-corrected chi connectivity index (χ4v) is 2.44. The van der Waals surface area contributed by atoms with Crippen LogP contribution in [0.15, 0.2) is 48.7 Å². The molecule has 1 unspecified atom stereocenters. The molecule has 3 rings (SSSR count). The Bertz CT molecular complexity index is 718. The molecule has 2 amide bonds. The molecule has 1 aromatic heterocycles. The van der Waals surface area contributed by atoms with E-state index in [0.29, 0.717) is 23.8 Å². The van der Waals surface area contributed by atoms with E-state index in [4.69, 9.17) is 4.74 Å². The van der Waals surface area contributed by atoms with Gasteiger partial charge in [-0.15, -0.1) is 0 Å². The Morgan fingerprint density at radius 1 is 1.26 bits per heavy atom. The third-order valence-corrected chi connectivity index (χ3v) is 3.57. The number of benzene rings is 1. The van der Waals surface area contributed by atoms with Gasteiger partial charge in [0.25, 0.3) is 5.91 Å². The molecule has 2 heterocycles. The van der Waals surface area contributed by atoms with Crippen molar-refractivity contribution in [1.82, 2.24) is 4.98 Å². The lowest BCUT2D eigenvalue weighted by molar-refractivity contribution is -0.125. The number of fused-ring (bicyclic) bond motifs is 1. The first-order chi connectivity index (χ1) is 11.1. The van der Waals surface area contributed by atoms with Crippen LogP contribution in [0.25, 0.3) is 0 Å². The predicted molar refractivity (Wildman–Crippen MR) is 86.4 cm³/mol. The van der Waals surface area contributed by atoms with Crippen LogP contribution < -0.4 is 15.0 Å². The Morgan fingerprint density at radius 3 is 2.83 bits per heavy atom. The van der Waals surface area contributed by atoms with E-state index in [9.17, 15) is 9.59 Å². The number of nitrogens with one attached hydrogen (secondary N) is 1. The van der Waals surface area contributed by atoms with Crippen molar-refractivity contribution in [3.05, 3.63) is 48.7 Å². The Kier molecular flexibility index (Phi) is 4.23. The highest BCUT2D eigenvalue weighted by molar-refractivity contribution is 6.00. The second-order valence-electron chi connectivity index (χ2n) is 5.23. The molecule has 0 saturated carbocycles. The molecule has 1 atom stereocenters. The zero-order valence-electron chi connectivity index (χ0n) is 12.7. The average molecular weight is 311 g/mol. The molecule has 1 N–H and O–H groups in total. The summed E-state index contributed by atoms with van der Waals surface area (Å²) in [6, 6.07) is 12.6. The van der Waals surface area contributed by atoms with Gasteiger partial charge < -0.3 is 15.0 Å². The fraction of sp³-hybridized carbons (Fsp3) is 0.235. The van der Waals surface area contributed by atoms with Crippen LogP contribution in [0.1, 0.15) is 13.3 Å². The Hall–Kier alpha value is -2.89. The van der Waals surface area contributed by atoms with Gasteiger partial charge in [-0.1, -0.05) is 18.2 Å². The number of hydrogen-bond donors (Lipinski definition) is 1. The van der Waals surface area contributed by atoms with Gasteiger partial charge in [-0.3, -0.25) is 9.59 Å². The largest absolute Gasteiger partial charge is 0.479 e. The number of pyridine rings is 1. The molecule has 118 valence electrons. The van der Waals surface area contributed by atoms with Crippen LogP contribution >= 0.6 is 0 Å². The number of anilines is 2. The van der Waals surface area contributed by atoms with Crippen LogP contribution in [0, 0.1) is 0 Å². The lowest BCUT2D eigenvalue weighted by atomic mass is 10.1. The summed E-state index contributed by atoms with van der Waals surface area (Å²) in [5, 5.41) is 2.71. The van der Waals surface area contributed by atoms with E-state index >= 15 is 0 Å². The number of rotatable bonds is 4. The lowest BCUT2D eigenvalue weighted by Crippen LogP contribution is -2.45. The van der Waals surface area contributed by atoms with E-state index in [2.05, 4.69) is 10.3 Å². The molecule has 0 bridgehead atoms. The van der Waals surface area contributed by atoms with Gasteiger partial charge in [0.05, 0.1) is 5.69 Å². The minimum Gasteiger partial charge on any atom is -0.479 e. The maximum Gasteiger partial charge on any atom is 0.267 e. The van der Waals surface area contributed by atoms with Crippen molar-refractivity contribution in [2.75, 3.05) is 16.8 Å². The van der Waals surface area contributed by atoms with E-state index in [1.807, 2.05) is 24.3 Å². The molecule has 0 saturated heterocycles. The second-order valence-corrected chi connectivity index (χ2v) is 5.23. The van der Waals surface area contributed by atoms with Gasteiger partial charge >= 0.3 is 0 Å². The molecule has 2 aromatic rings. The van der Waals surface area contributed by atoms with Crippen LogP contribution in [-0.4, -0.2) is 29.4 Å². The highest BCUT2D eigenvalue weighted by Crippen LogP contribution is 2.33. The summed E-state index contributed by atoms with van der Waals surface area (Å²) < 4.78 is 5.57. The first kappa shape index (κ1) is 15.0. The van der Waals surface area contributed by atoms with Crippen molar-refractivity contribution < 1.29 is 14.3 Å². The van der Waals surface area contributed by atoms with Gasteiger partial charge in [0, 0.05) is 19.2 Å². The molecule has 1 aromatic carbocycles. The summed E-state index contributed by atoms with van der Waals surface area (Å²) in [6.07, 6.45) is 1.24. The minimum absolute atomic E-state index is 0.144. The maximum atomic E-state index is 12.3. The predicted octanol–water partition coefficient (Wildman–Crippen LogP) is 2.22. The summed E-state index contributed by atoms with van der Waals surface area (Å²) in [6.45, 7) is 2.00. The number of aromatic nitrogens is 1. The summed E-state index contributed by atoms with van der Waals surface area (Å²) in [5.74, 6) is 0.826. The molecule has 6 heteroatoms. The van der Waals surface area contributed by atoms with E-state index in [1.54, 1.807) is 36.2 Å². The Balaban J connectivity index is 1.67. The average Bonchev–Trinajstić information content (AvgIpc) is 2.56. The standard InChI is InChI=1S/C17H17N3O3/c1-12-17(22)20(13-6-2-3-7-14(13)23-12)11-9-16(21)19-15-8-4-5-10-18-15/h2-8,10,12H,9,11H2,1H3,(H,18,19,21). The molecule has 6 nitrogen and oxygen atoms in total. The van der Waals surface area contributed by atoms with Gasteiger partial charge in [0.1, 0.15) is 11.6 Å². The van der Waals surface area contributed by atoms with Gasteiger partial charge in [0.2, 0.25) is 5.91 Å². The summed E-state index contributed by atoms with van der Waals surface area (Å²) >= 11 is 0. The van der Waals surface area contributed by atoms with Crippen molar-refractivity contribution in [2.45, 2.75) is 19.4 Å². The zero-order valence-corrected chi connectivity index (χ0v) is 12.7. The van der Waals surface area contributed by atoms with Gasteiger partial charge in [0.15, 0.2) is 6.10 Å². The quantitative estimate of drug-likeness (QED) is 0.940. The summed E-state index contributed by atoms with van der Waals surface area (Å²) in [4.78, 5) is 30.0. The highest BCUT2D eigenvalue weighted by atomic mass is 16.5. The maximum absolute atomic E-state index is 12.3. The molecular formula is C17H17N3O3. The molecule has 23 heavy (non-hydrogen) atoms. The fourth-order valence-electron chi connectivity index (χ4n) is 2.44. The van der Waals surface area contributed by atoms with Crippen molar-refractivity contribution in [1.29, 1.82) is 0 Å². The smallest absolute Gasteiger partial charge is 0.267 e. The molecular weight excluding hydrogens is 294 g/mol. The monoisotopic (exact) mass is 311 g/mol. The lowest BCUT2D eigenvalue weighted by Gasteiger charge is -2.32. The minimum atomic E-state index is -0.552. The number of carbonyl (C=O) groups is 2. The zero-order chi connectivity index (χ0) is 16.2. The number of amides is 2. The molecule has 0 fully saturated rings. The first-order valence-electron chi connectivity index (χ1n) is 7.43. The molecule has 1 aliphatic heterocycles. The van der Waals surface area contributed by atoms with Gasteiger partial charge in [-0.05, 0) is 31.2 Å². The van der Waals surface area contributed by atoms with Crippen molar-refractivity contribution >= 4 is 23.3 Å². The van der Waals surface area contributed by atoms with Crippen molar-refractivity contribution in [3.63, 3.8) is 0 Å². The van der Waals surface area contributed by atoms with Crippen LogP contribution in [-0.2, 0) is 9.59 Å². The SMILES string of the molecule is CC1Oc2ccccc2N(CCC(=O)Nc2ccccn2)C1=O. The van der Waals surface area contributed by atoms with E-state index in [-0.39, 0.29) is 18.2 Å². The number of carbonyl (C=O) groups excluding carboxylic acids is 2. The first-order valence-corrected chi connectivity index (χ1v) is 7.43. The summed E-state index contributed by atoms with van der Waals surface area (Å²) in [5.41, 5.74) is 0.696. The third-order valence-electron chi connectivity index (χ3n) is 3.57. The van der Waals surface area contributed by atoms with Crippen molar-refractivity contribution in [2.24, 2.45) is 0 Å². The number of ether oxygens (including phenoxy) is 1. The highest BCUT2D eigenvalue weighted by Gasteiger charge is 2.31. The normalized spacial score (nSPS) is 16.5. The number of para-hydroxylation sites is 2. The van der Waals surface area contributed by atoms with Crippen LogP contribution in [0.2, 0.25) is 0 Å². The van der Waals surface area contributed by atoms with Crippen LogP contribution in [0.5, 0.6) is 5.75 Å². The Labute approximate surface area is 134 Å². The Morgan fingerprint density at radius 2 is 2.04 bits per heavy atom. The van der Waals surface area contributed by atoms with Crippen molar-refractivity contribution in [3.8, 4) is 5.75 Å². The van der Waals surface area contributed by atoms with E-state index < -0.39 is 6.10 Å². The second kappa shape index (κ2) is 6.48. The van der Waals surface area contributed by atoms with E-state index in [1.165, 1.54) is 0 Å². The van der Waals surface area contributed by atoms with Crippen LogP contribution in [0.3, 0.4) is 0 Å². The van der Waals surface area contributed by atoms with Gasteiger partial charge in [-0.25, -0.2) is 4.98 Å². The summed E-state index contributed by atoms with van der Waals surface area (Å²) in [7, 11) is 0. The number of hydrogen-bond acceptors (Lipinski definition) is 4. The third kappa shape index (κ3) is 3.31. The molecule has 0 radical (unpaired) electrons. The molecule has 1 aliphatic rings. The molecule has 0 aliphatic carbocycles. The molecule has 0 spiro atoms. The van der Waals surface area contributed by atoms with Crippen LogP contribution in [0.4, 0.5) is 11.5 Å². The van der Waals surface area contributed by atoms with E-state index in [0.717, 1.165) is 0 Å². The topological polar surface area (TPSA) is 71.5 Å². The number of nitrogens with zero attached hydrogens (tertiary/aromatic N) is 2. The van der Waals surface area contributed by atoms with Gasteiger partial charge in [-0.2, -0.15) is 0 Å².